The van der Waals surface area contributed by atoms with Crippen molar-refractivity contribution >= 4 is 17.3 Å². The molecule has 1 rings (SSSR count). The summed E-state index contributed by atoms with van der Waals surface area (Å²) in [5.41, 5.74) is 5.69. The second kappa shape index (κ2) is 5.06. The lowest BCUT2D eigenvalue weighted by Crippen LogP contribution is -2.40. The Balaban J connectivity index is 2.98. The summed E-state index contributed by atoms with van der Waals surface area (Å²) in [5.74, 6) is 0. The van der Waals surface area contributed by atoms with Crippen molar-refractivity contribution in [1.82, 2.24) is 9.78 Å². The fourth-order valence-electron chi connectivity index (χ4n) is 1.26. The number of hydrogen-bond acceptors (Lipinski definition) is 4. The van der Waals surface area contributed by atoms with Crippen LogP contribution in [0.15, 0.2) is 11.0 Å². The molecule has 0 spiro atoms. The third kappa shape index (κ3) is 3.71. The molecule has 1 aromatic rings. The van der Waals surface area contributed by atoms with Crippen LogP contribution in [-0.2, 0) is 0 Å². The van der Waals surface area contributed by atoms with Gasteiger partial charge >= 0.3 is 0 Å². The number of nitrogens with two attached hydrogens (primary N) is 1. The number of nitrogens with zero attached hydrogens (tertiary/aromatic N) is 2. The van der Waals surface area contributed by atoms with Crippen molar-refractivity contribution in [2.75, 3.05) is 11.9 Å². The van der Waals surface area contributed by atoms with Crippen LogP contribution >= 0.6 is 11.6 Å². The Morgan fingerprint density at radius 3 is 2.65 bits per heavy atom. The van der Waals surface area contributed by atoms with E-state index in [1.54, 1.807) is 6.20 Å². The molecule has 0 saturated heterocycles. The molecule has 1 aromatic heterocycles. The Bertz CT molecular complexity index is 448. The highest BCUT2D eigenvalue weighted by Crippen LogP contribution is 2.16. The first-order chi connectivity index (χ1) is 7.72. The third-order valence-electron chi connectivity index (χ3n) is 2.17. The van der Waals surface area contributed by atoms with Gasteiger partial charge in [0, 0.05) is 12.1 Å². The summed E-state index contributed by atoms with van der Waals surface area (Å²) in [4.78, 5) is 11.9. The molecule has 0 amide bonds. The first-order valence-electron chi connectivity index (χ1n) is 5.52. The number of halogens is 1. The number of anilines is 1. The number of hydrogen-bond donors (Lipinski definition) is 2. The Kier molecular flexibility index (Phi) is 4.16. The van der Waals surface area contributed by atoms with Gasteiger partial charge in [0.25, 0.3) is 5.56 Å². The number of nitrogens with one attached hydrogen (secondary N) is 1. The smallest absolute Gasteiger partial charge is 0.287 e. The molecule has 0 aliphatic carbocycles. The van der Waals surface area contributed by atoms with Crippen molar-refractivity contribution < 1.29 is 0 Å². The highest BCUT2D eigenvalue weighted by Gasteiger charge is 2.14. The SMILES string of the molecule is CC(C)n1ncc(NCC(C)(C)N)c(Cl)c1=O. The predicted molar refractivity (Wildman–Crippen MR) is 70.6 cm³/mol. The van der Waals surface area contributed by atoms with Crippen molar-refractivity contribution in [1.29, 1.82) is 0 Å². The van der Waals surface area contributed by atoms with Gasteiger partial charge in [-0.2, -0.15) is 5.10 Å². The van der Waals surface area contributed by atoms with Gasteiger partial charge < -0.3 is 11.1 Å². The molecule has 0 radical (unpaired) electrons. The first kappa shape index (κ1) is 14.0. The summed E-state index contributed by atoms with van der Waals surface area (Å²) >= 11 is 5.99. The average molecular weight is 259 g/mol. The predicted octanol–water partition coefficient (Wildman–Crippen LogP) is 1.63. The Labute approximate surface area is 106 Å². The van der Waals surface area contributed by atoms with Gasteiger partial charge in [0.15, 0.2) is 0 Å². The van der Waals surface area contributed by atoms with Gasteiger partial charge in [-0.25, -0.2) is 4.68 Å². The van der Waals surface area contributed by atoms with E-state index >= 15 is 0 Å². The molecule has 0 bridgehead atoms. The summed E-state index contributed by atoms with van der Waals surface area (Å²) in [6.45, 7) is 8.04. The maximum absolute atomic E-state index is 11.9. The Morgan fingerprint density at radius 2 is 2.18 bits per heavy atom. The van der Waals surface area contributed by atoms with E-state index in [1.807, 2.05) is 27.7 Å². The molecule has 96 valence electrons. The van der Waals surface area contributed by atoms with Gasteiger partial charge in [-0.1, -0.05) is 11.6 Å². The lowest BCUT2D eigenvalue weighted by Gasteiger charge is -2.20. The average Bonchev–Trinajstić information content (AvgIpc) is 2.18. The minimum Gasteiger partial charge on any atom is -0.381 e. The molecule has 5 nitrogen and oxygen atoms in total. The van der Waals surface area contributed by atoms with Crippen LogP contribution in [0.3, 0.4) is 0 Å². The van der Waals surface area contributed by atoms with E-state index in [2.05, 4.69) is 10.4 Å². The quantitative estimate of drug-likeness (QED) is 0.861. The number of rotatable bonds is 4. The molecule has 3 N–H and O–H groups in total. The number of aromatic nitrogens is 2. The minimum atomic E-state index is -0.379. The van der Waals surface area contributed by atoms with Crippen LogP contribution in [0.2, 0.25) is 5.02 Å². The molecule has 1 heterocycles. The summed E-state index contributed by atoms with van der Waals surface area (Å²) in [5, 5.41) is 7.23. The van der Waals surface area contributed by atoms with Crippen LogP contribution < -0.4 is 16.6 Å². The fourth-order valence-corrected chi connectivity index (χ4v) is 1.46. The van der Waals surface area contributed by atoms with Gasteiger partial charge in [0.2, 0.25) is 0 Å². The molecule has 0 aromatic carbocycles. The second-order valence-corrected chi connectivity index (χ2v) is 5.44. The highest BCUT2D eigenvalue weighted by atomic mass is 35.5. The monoisotopic (exact) mass is 258 g/mol. The van der Waals surface area contributed by atoms with E-state index in [9.17, 15) is 4.79 Å². The fraction of sp³-hybridized carbons (Fsp3) is 0.636. The van der Waals surface area contributed by atoms with Crippen molar-refractivity contribution in [2.24, 2.45) is 5.73 Å². The summed E-state index contributed by atoms with van der Waals surface area (Å²) in [6, 6.07) is -0.0139. The largest absolute Gasteiger partial charge is 0.381 e. The third-order valence-corrected chi connectivity index (χ3v) is 2.53. The summed E-state index contributed by atoms with van der Waals surface area (Å²) in [7, 11) is 0. The molecule has 0 unspecified atom stereocenters. The molecular weight excluding hydrogens is 240 g/mol. The van der Waals surface area contributed by atoms with Crippen LogP contribution in [0.4, 0.5) is 5.69 Å². The van der Waals surface area contributed by atoms with E-state index in [4.69, 9.17) is 17.3 Å². The Hall–Kier alpha value is -1.07. The molecule has 0 saturated carbocycles. The van der Waals surface area contributed by atoms with Gasteiger partial charge in [-0.15, -0.1) is 0 Å². The zero-order chi connectivity index (χ0) is 13.2. The highest BCUT2D eigenvalue weighted by molar-refractivity contribution is 6.32. The standard InChI is InChI=1S/C11H19ClN4O/c1-7(2)16-10(17)9(12)8(5-15-16)14-6-11(3,4)13/h5,7,14H,6,13H2,1-4H3. The van der Waals surface area contributed by atoms with Crippen LogP contribution in [0.25, 0.3) is 0 Å². The summed E-state index contributed by atoms with van der Waals surface area (Å²) in [6.07, 6.45) is 1.55. The first-order valence-corrected chi connectivity index (χ1v) is 5.90. The molecule has 0 aliphatic rings. The van der Waals surface area contributed by atoms with Crippen LogP contribution in [-0.4, -0.2) is 21.9 Å². The molecule has 17 heavy (non-hydrogen) atoms. The zero-order valence-electron chi connectivity index (χ0n) is 10.6. The van der Waals surface area contributed by atoms with Crippen molar-refractivity contribution in [3.8, 4) is 0 Å². The lowest BCUT2D eigenvalue weighted by atomic mass is 10.1. The normalized spacial score (nSPS) is 11.9. The van der Waals surface area contributed by atoms with E-state index in [1.165, 1.54) is 4.68 Å². The molecule has 0 fully saturated rings. The Morgan fingerprint density at radius 1 is 1.59 bits per heavy atom. The molecule has 0 atom stereocenters. The van der Waals surface area contributed by atoms with Gasteiger partial charge in [-0.3, -0.25) is 4.79 Å². The van der Waals surface area contributed by atoms with Gasteiger partial charge in [0.1, 0.15) is 5.02 Å². The molecular formula is C11H19ClN4O. The maximum Gasteiger partial charge on any atom is 0.287 e. The van der Waals surface area contributed by atoms with E-state index in [0.717, 1.165) is 0 Å². The van der Waals surface area contributed by atoms with Crippen LogP contribution in [0, 0.1) is 0 Å². The van der Waals surface area contributed by atoms with Crippen LogP contribution in [0.5, 0.6) is 0 Å². The van der Waals surface area contributed by atoms with Gasteiger partial charge in [-0.05, 0) is 27.7 Å². The van der Waals surface area contributed by atoms with E-state index in [0.29, 0.717) is 12.2 Å². The summed E-state index contributed by atoms with van der Waals surface area (Å²) < 4.78 is 1.35. The molecule has 6 heteroatoms. The molecule has 0 aliphatic heterocycles. The maximum atomic E-state index is 11.9. The van der Waals surface area contributed by atoms with E-state index in [-0.39, 0.29) is 22.2 Å². The van der Waals surface area contributed by atoms with Crippen molar-refractivity contribution in [3.63, 3.8) is 0 Å². The van der Waals surface area contributed by atoms with Crippen molar-refractivity contribution in [3.05, 3.63) is 21.6 Å². The van der Waals surface area contributed by atoms with Crippen molar-refractivity contribution in [2.45, 2.75) is 39.3 Å². The topological polar surface area (TPSA) is 72.9 Å². The zero-order valence-corrected chi connectivity index (χ0v) is 11.4. The lowest BCUT2D eigenvalue weighted by molar-refractivity contribution is 0.502. The van der Waals surface area contributed by atoms with Crippen LogP contribution in [0.1, 0.15) is 33.7 Å². The second-order valence-electron chi connectivity index (χ2n) is 5.06. The van der Waals surface area contributed by atoms with E-state index < -0.39 is 0 Å². The van der Waals surface area contributed by atoms with Gasteiger partial charge in [0.05, 0.1) is 17.9 Å². The minimum absolute atomic E-state index is 0.0139.